The largest absolute Gasteiger partial charge is 0.418 e. The van der Waals surface area contributed by atoms with Crippen molar-refractivity contribution in [2.24, 2.45) is 12.0 Å². The quantitative estimate of drug-likeness (QED) is 0.218. The lowest BCUT2D eigenvalue weighted by Crippen LogP contribution is -2.30. The molecular formula is C30H23F8N7O. The first kappa shape index (κ1) is 31.0. The molecule has 0 radical (unpaired) electrons. The fourth-order valence-corrected chi connectivity index (χ4v) is 6.03. The van der Waals surface area contributed by atoms with E-state index in [9.17, 15) is 39.9 Å². The SMILES string of the molecule is CN=c1n(C)c2c3c(c(Nc4nc(C)nc5c(C(F)(F)F)cc(F)cc45)cc2n1CC(F)(F)F)C(c1cc(F)ccc1C)NC3=O. The van der Waals surface area contributed by atoms with Gasteiger partial charge in [0.2, 0.25) is 5.62 Å². The number of anilines is 2. The fraction of sp³-hybridized carbons (Fsp3) is 0.267. The summed E-state index contributed by atoms with van der Waals surface area (Å²) in [5, 5.41) is 5.27. The summed E-state index contributed by atoms with van der Waals surface area (Å²) in [6, 6.07) is 5.22. The van der Waals surface area contributed by atoms with Gasteiger partial charge >= 0.3 is 12.4 Å². The standard InChI is InChI=1S/C30H23F8N7O/c1-12-5-6-14(31)7-16(12)24-21-19(42-26-17-8-15(32)9-18(30(36,37)38)23(17)40-13(2)41-26)10-20-25(22(21)27(46)43-24)44(4)28(39-3)45(20)11-29(33,34)35/h5-10,24H,11H2,1-4H3,(H,43,46)(H,40,41,42). The number of rotatable bonds is 4. The lowest BCUT2D eigenvalue weighted by molar-refractivity contribution is -0.140. The number of alkyl halides is 6. The lowest BCUT2D eigenvalue weighted by Gasteiger charge is -2.20. The number of benzene rings is 3. The van der Waals surface area contributed by atoms with Crippen molar-refractivity contribution in [3.63, 3.8) is 0 Å². The molecule has 1 aliphatic rings. The Morgan fingerprint density at radius 1 is 1.00 bits per heavy atom. The van der Waals surface area contributed by atoms with Crippen LogP contribution in [-0.4, -0.2) is 38.2 Å². The van der Waals surface area contributed by atoms with Gasteiger partial charge in [0, 0.05) is 30.7 Å². The Hall–Kier alpha value is -5.02. The first-order chi connectivity index (χ1) is 21.5. The number of hydrogen-bond acceptors (Lipinski definition) is 5. The van der Waals surface area contributed by atoms with Crippen molar-refractivity contribution in [2.45, 2.75) is 38.8 Å². The zero-order chi connectivity index (χ0) is 33.5. The van der Waals surface area contributed by atoms with Gasteiger partial charge in [0.25, 0.3) is 5.91 Å². The van der Waals surface area contributed by atoms with Crippen LogP contribution in [0.5, 0.6) is 0 Å². The normalized spacial score (nSPS) is 15.6. The number of fused-ring (bicyclic) bond motifs is 4. The highest BCUT2D eigenvalue weighted by Gasteiger charge is 2.39. The minimum Gasteiger partial charge on any atom is -0.341 e. The monoisotopic (exact) mass is 649 g/mol. The van der Waals surface area contributed by atoms with Gasteiger partial charge in [-0.25, -0.2) is 18.7 Å². The molecule has 0 fully saturated rings. The van der Waals surface area contributed by atoms with Crippen molar-refractivity contribution in [2.75, 3.05) is 12.4 Å². The lowest BCUT2D eigenvalue weighted by atomic mass is 9.92. The molecule has 0 aliphatic carbocycles. The smallest absolute Gasteiger partial charge is 0.341 e. The molecule has 0 spiro atoms. The van der Waals surface area contributed by atoms with Crippen molar-refractivity contribution in [1.82, 2.24) is 24.4 Å². The first-order valence-electron chi connectivity index (χ1n) is 13.6. The molecule has 0 saturated carbocycles. The number of nitrogens with zero attached hydrogens (tertiary/aromatic N) is 5. The minimum absolute atomic E-state index is 0.0455. The molecule has 6 rings (SSSR count). The van der Waals surface area contributed by atoms with Crippen LogP contribution in [0.15, 0.2) is 41.4 Å². The number of nitrogens with one attached hydrogen (secondary N) is 2. The molecule has 2 aromatic heterocycles. The van der Waals surface area contributed by atoms with E-state index in [0.717, 1.165) is 10.6 Å². The predicted molar refractivity (Wildman–Crippen MR) is 151 cm³/mol. The van der Waals surface area contributed by atoms with Crippen LogP contribution in [0, 0.1) is 25.5 Å². The van der Waals surface area contributed by atoms with Crippen molar-refractivity contribution in [3.05, 3.63) is 87.3 Å². The van der Waals surface area contributed by atoms with Crippen molar-refractivity contribution in [1.29, 1.82) is 0 Å². The highest BCUT2D eigenvalue weighted by atomic mass is 19.4. The summed E-state index contributed by atoms with van der Waals surface area (Å²) in [4.78, 5) is 25.8. The first-order valence-corrected chi connectivity index (χ1v) is 13.6. The molecule has 240 valence electrons. The maximum Gasteiger partial charge on any atom is 0.418 e. The molecule has 8 nitrogen and oxygen atoms in total. The van der Waals surface area contributed by atoms with Crippen LogP contribution in [0.25, 0.3) is 21.9 Å². The van der Waals surface area contributed by atoms with Crippen LogP contribution >= 0.6 is 0 Å². The summed E-state index contributed by atoms with van der Waals surface area (Å²) in [5.41, 5.74) is -1.20. The fourth-order valence-electron chi connectivity index (χ4n) is 6.03. The zero-order valence-electron chi connectivity index (χ0n) is 24.4. The van der Waals surface area contributed by atoms with E-state index in [1.54, 1.807) is 6.92 Å². The maximum atomic E-state index is 14.6. The van der Waals surface area contributed by atoms with Gasteiger partial charge in [-0.15, -0.1) is 0 Å². The number of hydrogen-bond donors (Lipinski definition) is 2. The number of halogens is 8. The summed E-state index contributed by atoms with van der Waals surface area (Å²) in [7, 11) is 2.71. The number of aromatic nitrogens is 4. The van der Waals surface area contributed by atoms with Crippen LogP contribution in [0.3, 0.4) is 0 Å². The molecule has 1 aliphatic heterocycles. The van der Waals surface area contributed by atoms with E-state index < -0.39 is 53.6 Å². The summed E-state index contributed by atoms with van der Waals surface area (Å²) in [5.74, 6) is -2.99. The Balaban J connectivity index is 1.72. The third-order valence-electron chi connectivity index (χ3n) is 7.80. The Kier molecular flexibility index (Phi) is 7.09. The zero-order valence-corrected chi connectivity index (χ0v) is 24.4. The number of aryl methyl sites for hydroxylation is 3. The minimum atomic E-state index is -4.98. The van der Waals surface area contributed by atoms with E-state index in [0.29, 0.717) is 17.2 Å². The second-order valence-electron chi connectivity index (χ2n) is 10.9. The van der Waals surface area contributed by atoms with Gasteiger partial charge in [-0.2, -0.15) is 26.3 Å². The predicted octanol–water partition coefficient (Wildman–Crippen LogP) is 6.51. The third kappa shape index (κ3) is 5.10. The molecule has 1 unspecified atom stereocenters. The molecule has 3 heterocycles. The van der Waals surface area contributed by atoms with Gasteiger partial charge in [-0.05, 0) is 55.3 Å². The molecule has 5 aromatic rings. The molecule has 0 saturated heterocycles. The Morgan fingerprint density at radius 3 is 2.37 bits per heavy atom. The maximum absolute atomic E-state index is 14.6. The number of imidazole rings is 1. The van der Waals surface area contributed by atoms with Gasteiger partial charge in [-0.3, -0.25) is 9.79 Å². The molecule has 3 aromatic carbocycles. The highest BCUT2D eigenvalue weighted by molar-refractivity contribution is 6.12. The van der Waals surface area contributed by atoms with Crippen molar-refractivity contribution < 1.29 is 39.9 Å². The van der Waals surface area contributed by atoms with Gasteiger partial charge in [0.05, 0.1) is 33.7 Å². The number of carbonyl (C=O) groups excluding carboxylic acids is 1. The number of amides is 1. The Labute approximate surface area is 254 Å². The molecule has 1 atom stereocenters. The van der Waals surface area contributed by atoms with E-state index in [1.165, 1.54) is 49.9 Å². The second-order valence-corrected chi connectivity index (χ2v) is 10.9. The average Bonchev–Trinajstić information content (AvgIpc) is 3.41. The van der Waals surface area contributed by atoms with E-state index in [-0.39, 0.29) is 50.5 Å². The molecular weight excluding hydrogens is 626 g/mol. The Morgan fingerprint density at radius 2 is 1.72 bits per heavy atom. The highest BCUT2D eigenvalue weighted by Crippen LogP contribution is 2.44. The third-order valence-corrected chi connectivity index (χ3v) is 7.80. The van der Waals surface area contributed by atoms with Crippen LogP contribution in [0.4, 0.5) is 46.6 Å². The van der Waals surface area contributed by atoms with Crippen molar-refractivity contribution >= 4 is 39.3 Å². The average molecular weight is 650 g/mol. The molecule has 1 amide bonds. The van der Waals surface area contributed by atoms with Crippen LogP contribution in [-0.2, 0) is 19.8 Å². The summed E-state index contributed by atoms with van der Waals surface area (Å²) in [6.45, 7) is 1.50. The molecule has 46 heavy (non-hydrogen) atoms. The van der Waals surface area contributed by atoms with Crippen LogP contribution < -0.4 is 16.3 Å². The van der Waals surface area contributed by atoms with Gasteiger partial charge in [-0.1, -0.05) is 6.07 Å². The Bertz CT molecular complexity index is 2160. The number of carbonyl (C=O) groups is 1. The molecule has 16 heteroatoms. The summed E-state index contributed by atoms with van der Waals surface area (Å²) in [6.07, 6.45) is -9.69. The van der Waals surface area contributed by atoms with E-state index in [4.69, 9.17) is 0 Å². The van der Waals surface area contributed by atoms with Gasteiger partial charge in [0.15, 0.2) is 0 Å². The molecule has 0 bridgehead atoms. The summed E-state index contributed by atoms with van der Waals surface area (Å²) < 4.78 is 114. The topological polar surface area (TPSA) is 89.1 Å². The molecule has 2 N–H and O–H groups in total. The van der Waals surface area contributed by atoms with E-state index in [1.807, 2.05) is 0 Å². The summed E-state index contributed by atoms with van der Waals surface area (Å²) >= 11 is 0. The van der Waals surface area contributed by atoms with E-state index >= 15 is 0 Å². The van der Waals surface area contributed by atoms with Gasteiger partial charge in [0.1, 0.15) is 29.8 Å². The van der Waals surface area contributed by atoms with E-state index in [2.05, 4.69) is 25.6 Å². The second kappa shape index (κ2) is 10.5. The van der Waals surface area contributed by atoms with Crippen LogP contribution in [0.2, 0.25) is 0 Å². The van der Waals surface area contributed by atoms with Crippen LogP contribution in [0.1, 0.15) is 44.5 Å². The van der Waals surface area contributed by atoms with Crippen molar-refractivity contribution in [3.8, 4) is 0 Å². The van der Waals surface area contributed by atoms with Gasteiger partial charge < -0.3 is 19.8 Å².